The molecule has 1 aromatic heterocycles. The second kappa shape index (κ2) is 7.22. The molecule has 1 aliphatic heterocycles. The summed E-state index contributed by atoms with van der Waals surface area (Å²) in [5, 5.41) is 9.60. The van der Waals surface area contributed by atoms with Crippen molar-refractivity contribution >= 4 is 17.5 Å². The summed E-state index contributed by atoms with van der Waals surface area (Å²) in [4.78, 5) is 23.9. The van der Waals surface area contributed by atoms with Crippen LogP contribution in [0.15, 0.2) is 54.7 Å². The van der Waals surface area contributed by atoms with Gasteiger partial charge in [-0.3, -0.25) is 9.59 Å². The fourth-order valence-corrected chi connectivity index (χ4v) is 3.15. The summed E-state index contributed by atoms with van der Waals surface area (Å²) < 4.78 is 28.1. The van der Waals surface area contributed by atoms with Gasteiger partial charge in [-0.05, 0) is 35.9 Å². The van der Waals surface area contributed by atoms with Gasteiger partial charge in [0, 0.05) is 36.8 Å². The molecule has 142 valence electrons. The van der Waals surface area contributed by atoms with E-state index in [1.54, 1.807) is 12.1 Å². The first-order chi connectivity index (χ1) is 13.5. The molecule has 2 N–H and O–H groups in total. The minimum Gasteiger partial charge on any atom is -0.355 e. The van der Waals surface area contributed by atoms with E-state index in [2.05, 4.69) is 15.7 Å². The number of hydrogen-bond donors (Lipinski definition) is 2. The Kier molecular flexibility index (Phi) is 4.60. The molecule has 2 heterocycles. The monoisotopic (exact) mass is 382 g/mol. The lowest BCUT2D eigenvalue weighted by molar-refractivity contribution is -0.119. The van der Waals surface area contributed by atoms with Crippen LogP contribution < -0.4 is 10.6 Å². The highest BCUT2D eigenvalue weighted by Gasteiger charge is 2.23. The normalized spacial score (nSPS) is 16.1. The van der Waals surface area contributed by atoms with Gasteiger partial charge in [0.1, 0.15) is 11.5 Å². The van der Waals surface area contributed by atoms with Crippen LogP contribution in [0.5, 0.6) is 0 Å². The first-order valence-corrected chi connectivity index (χ1v) is 8.69. The fraction of sp³-hybridized carbons (Fsp3) is 0.150. The molecule has 2 amide bonds. The van der Waals surface area contributed by atoms with E-state index in [0.29, 0.717) is 18.7 Å². The van der Waals surface area contributed by atoms with E-state index in [0.717, 1.165) is 17.7 Å². The number of nitrogens with one attached hydrogen (secondary N) is 2. The first kappa shape index (κ1) is 17.8. The molecular formula is C20H16F2N4O2. The van der Waals surface area contributed by atoms with Crippen LogP contribution >= 0.6 is 0 Å². The average Bonchev–Trinajstić information content (AvgIpc) is 3.31. The van der Waals surface area contributed by atoms with Crippen molar-refractivity contribution in [1.29, 1.82) is 0 Å². The van der Waals surface area contributed by atoms with Gasteiger partial charge in [-0.2, -0.15) is 5.10 Å². The summed E-state index contributed by atoms with van der Waals surface area (Å²) >= 11 is 0. The second-order valence-corrected chi connectivity index (χ2v) is 6.53. The Bertz CT molecular complexity index is 1060. The fourth-order valence-electron chi connectivity index (χ4n) is 3.15. The predicted octanol–water partition coefficient (Wildman–Crippen LogP) is 3.01. The van der Waals surface area contributed by atoms with Gasteiger partial charge >= 0.3 is 0 Å². The van der Waals surface area contributed by atoms with Crippen LogP contribution in [-0.2, 0) is 4.79 Å². The molecule has 1 saturated heterocycles. The van der Waals surface area contributed by atoms with Crippen LogP contribution in [0.1, 0.15) is 28.4 Å². The van der Waals surface area contributed by atoms with Gasteiger partial charge in [0.2, 0.25) is 5.91 Å². The highest BCUT2D eigenvalue weighted by Crippen LogP contribution is 2.25. The third-order valence-electron chi connectivity index (χ3n) is 4.57. The number of carbonyl (C=O) groups is 2. The number of hydrogen-bond acceptors (Lipinski definition) is 3. The summed E-state index contributed by atoms with van der Waals surface area (Å²) in [7, 11) is 0. The molecular weight excluding hydrogens is 366 g/mol. The summed E-state index contributed by atoms with van der Waals surface area (Å²) in [5.74, 6) is -1.84. The Morgan fingerprint density at radius 1 is 1.18 bits per heavy atom. The van der Waals surface area contributed by atoms with Crippen molar-refractivity contribution in [3.8, 4) is 5.69 Å². The minimum absolute atomic E-state index is 0.0120. The SMILES string of the molecule is O=C1C[C@@H](c2cccc(NC(=O)c3ccn(-c4ccc(F)cc4F)n3)c2)CN1. The quantitative estimate of drug-likeness (QED) is 0.728. The number of carbonyl (C=O) groups excluding carboxylic acids is 2. The number of benzene rings is 2. The lowest BCUT2D eigenvalue weighted by Gasteiger charge is -2.10. The van der Waals surface area contributed by atoms with E-state index < -0.39 is 17.5 Å². The number of halogens is 2. The molecule has 3 aromatic rings. The van der Waals surface area contributed by atoms with Gasteiger partial charge < -0.3 is 10.6 Å². The Hall–Kier alpha value is -3.55. The molecule has 0 aliphatic carbocycles. The lowest BCUT2D eigenvalue weighted by Crippen LogP contribution is -2.14. The van der Waals surface area contributed by atoms with Crippen molar-refractivity contribution in [2.45, 2.75) is 12.3 Å². The van der Waals surface area contributed by atoms with E-state index in [-0.39, 0.29) is 23.2 Å². The van der Waals surface area contributed by atoms with E-state index in [1.165, 1.54) is 23.0 Å². The predicted molar refractivity (Wildman–Crippen MR) is 98.2 cm³/mol. The minimum atomic E-state index is -0.775. The van der Waals surface area contributed by atoms with E-state index >= 15 is 0 Å². The molecule has 6 nitrogen and oxygen atoms in total. The summed E-state index contributed by atoms with van der Waals surface area (Å²) in [6, 6.07) is 11.8. The lowest BCUT2D eigenvalue weighted by atomic mass is 9.98. The molecule has 1 fully saturated rings. The molecule has 0 radical (unpaired) electrons. The summed E-state index contributed by atoms with van der Waals surface area (Å²) in [6.07, 6.45) is 1.85. The van der Waals surface area contributed by atoms with Crippen molar-refractivity contribution in [2.24, 2.45) is 0 Å². The largest absolute Gasteiger partial charge is 0.355 e. The van der Waals surface area contributed by atoms with Crippen molar-refractivity contribution in [3.05, 3.63) is 77.6 Å². The van der Waals surface area contributed by atoms with Gasteiger partial charge in [-0.1, -0.05) is 12.1 Å². The van der Waals surface area contributed by atoms with Crippen molar-refractivity contribution in [3.63, 3.8) is 0 Å². The number of nitrogens with zero attached hydrogens (tertiary/aromatic N) is 2. The summed E-state index contributed by atoms with van der Waals surface area (Å²) in [6.45, 7) is 0.573. The number of rotatable bonds is 4. The van der Waals surface area contributed by atoms with Crippen LogP contribution in [0, 0.1) is 11.6 Å². The van der Waals surface area contributed by atoms with Crippen LogP contribution in [0.25, 0.3) is 5.69 Å². The topological polar surface area (TPSA) is 76.0 Å². The maximum Gasteiger partial charge on any atom is 0.276 e. The molecule has 2 aromatic carbocycles. The zero-order valence-electron chi connectivity index (χ0n) is 14.7. The maximum absolute atomic E-state index is 13.9. The van der Waals surface area contributed by atoms with Crippen molar-refractivity contribution < 1.29 is 18.4 Å². The van der Waals surface area contributed by atoms with Crippen molar-refractivity contribution in [1.82, 2.24) is 15.1 Å². The zero-order chi connectivity index (χ0) is 19.7. The van der Waals surface area contributed by atoms with Gasteiger partial charge in [-0.25, -0.2) is 13.5 Å². The standard InChI is InChI=1S/C20H16F2N4O2/c21-14-4-5-18(16(22)10-14)26-7-6-17(25-26)20(28)24-15-3-1-2-12(8-15)13-9-19(27)23-11-13/h1-8,10,13H,9,11H2,(H,23,27)(H,24,28)/t13-/m1/s1. The van der Waals surface area contributed by atoms with Crippen LogP contribution in [0.2, 0.25) is 0 Å². The molecule has 0 spiro atoms. The van der Waals surface area contributed by atoms with Crippen LogP contribution in [0.3, 0.4) is 0 Å². The molecule has 8 heteroatoms. The molecule has 28 heavy (non-hydrogen) atoms. The van der Waals surface area contributed by atoms with Gasteiger partial charge in [0.15, 0.2) is 11.5 Å². The smallest absolute Gasteiger partial charge is 0.276 e. The highest BCUT2D eigenvalue weighted by molar-refractivity contribution is 6.02. The Morgan fingerprint density at radius 3 is 2.79 bits per heavy atom. The van der Waals surface area contributed by atoms with Crippen LogP contribution in [0.4, 0.5) is 14.5 Å². The molecule has 0 unspecified atom stereocenters. The second-order valence-electron chi connectivity index (χ2n) is 6.53. The van der Waals surface area contributed by atoms with E-state index in [9.17, 15) is 18.4 Å². The third kappa shape index (κ3) is 3.62. The van der Waals surface area contributed by atoms with Gasteiger partial charge in [-0.15, -0.1) is 0 Å². The number of aromatic nitrogens is 2. The molecule has 1 aliphatic rings. The molecule has 4 rings (SSSR count). The molecule has 1 atom stereocenters. The Morgan fingerprint density at radius 2 is 2.04 bits per heavy atom. The third-order valence-corrected chi connectivity index (χ3v) is 4.57. The maximum atomic E-state index is 13.9. The Labute approximate surface area is 159 Å². The highest BCUT2D eigenvalue weighted by atomic mass is 19.1. The van der Waals surface area contributed by atoms with Gasteiger partial charge in [0.25, 0.3) is 5.91 Å². The Balaban J connectivity index is 1.50. The van der Waals surface area contributed by atoms with Gasteiger partial charge in [0.05, 0.1) is 0 Å². The van der Waals surface area contributed by atoms with Crippen molar-refractivity contribution in [2.75, 3.05) is 11.9 Å². The van der Waals surface area contributed by atoms with Crippen LogP contribution in [-0.4, -0.2) is 28.1 Å². The van der Waals surface area contributed by atoms with E-state index in [1.807, 2.05) is 12.1 Å². The number of amides is 2. The first-order valence-electron chi connectivity index (χ1n) is 8.69. The van der Waals surface area contributed by atoms with E-state index in [4.69, 9.17) is 0 Å². The molecule has 0 saturated carbocycles. The number of anilines is 1. The zero-order valence-corrected chi connectivity index (χ0v) is 14.7. The summed E-state index contributed by atoms with van der Waals surface area (Å²) in [5.41, 5.74) is 1.66. The molecule has 0 bridgehead atoms. The average molecular weight is 382 g/mol.